The zero-order valence-corrected chi connectivity index (χ0v) is 12.2. The molecule has 0 aromatic heterocycles. The molecule has 4 heteroatoms. The van der Waals surface area contributed by atoms with E-state index in [2.05, 4.69) is 34.1 Å². The molecule has 0 radical (unpaired) electrons. The second kappa shape index (κ2) is 7.43. The average molecular weight is 254 g/mol. The Morgan fingerprint density at radius 2 is 2.00 bits per heavy atom. The van der Waals surface area contributed by atoms with Gasteiger partial charge in [0.2, 0.25) is 0 Å². The number of hydrogen-bond acceptors (Lipinski definition) is 4. The highest BCUT2D eigenvalue weighted by atomic mass is 15.3. The van der Waals surface area contributed by atoms with Crippen molar-refractivity contribution in [1.29, 1.82) is 0 Å². The van der Waals surface area contributed by atoms with Gasteiger partial charge in [-0.3, -0.25) is 9.80 Å². The lowest BCUT2D eigenvalue weighted by Gasteiger charge is -2.33. The van der Waals surface area contributed by atoms with Gasteiger partial charge in [0.25, 0.3) is 0 Å². The van der Waals surface area contributed by atoms with Gasteiger partial charge in [-0.15, -0.1) is 0 Å². The molecule has 0 aromatic carbocycles. The van der Waals surface area contributed by atoms with E-state index in [-0.39, 0.29) is 0 Å². The Balaban J connectivity index is 1.60. The summed E-state index contributed by atoms with van der Waals surface area (Å²) in [6, 6.07) is 0. The Morgan fingerprint density at radius 3 is 2.72 bits per heavy atom. The molecular formula is C14H30N4. The van der Waals surface area contributed by atoms with Crippen LogP contribution in [0.15, 0.2) is 0 Å². The highest BCUT2D eigenvalue weighted by molar-refractivity contribution is 4.72. The molecule has 2 saturated heterocycles. The third kappa shape index (κ3) is 4.84. The first-order valence-electron chi connectivity index (χ1n) is 7.54. The predicted molar refractivity (Wildman–Crippen MR) is 76.8 cm³/mol. The van der Waals surface area contributed by atoms with Gasteiger partial charge in [-0.25, -0.2) is 0 Å². The molecule has 0 spiro atoms. The van der Waals surface area contributed by atoms with Crippen molar-refractivity contribution in [2.75, 3.05) is 66.6 Å². The molecule has 4 nitrogen and oxygen atoms in total. The fraction of sp³-hybridized carbons (Fsp3) is 1.00. The summed E-state index contributed by atoms with van der Waals surface area (Å²) in [4.78, 5) is 7.55. The van der Waals surface area contributed by atoms with Crippen LogP contribution in [0.25, 0.3) is 0 Å². The molecule has 2 heterocycles. The number of nitrogens with zero attached hydrogens (tertiary/aromatic N) is 3. The zero-order chi connectivity index (χ0) is 12.8. The molecule has 0 aliphatic carbocycles. The summed E-state index contributed by atoms with van der Waals surface area (Å²) in [6.45, 7) is 9.72. The summed E-state index contributed by atoms with van der Waals surface area (Å²) in [6.07, 6.45) is 4.20. The molecule has 0 bridgehead atoms. The van der Waals surface area contributed by atoms with Crippen molar-refractivity contribution >= 4 is 0 Å². The van der Waals surface area contributed by atoms with Crippen LogP contribution in [0.4, 0.5) is 0 Å². The molecule has 2 rings (SSSR count). The highest BCUT2D eigenvalue weighted by Crippen LogP contribution is 2.18. The third-order valence-electron chi connectivity index (χ3n) is 4.29. The molecule has 0 saturated carbocycles. The van der Waals surface area contributed by atoms with Crippen LogP contribution in [0.3, 0.4) is 0 Å². The van der Waals surface area contributed by atoms with Gasteiger partial charge in [-0.2, -0.15) is 0 Å². The van der Waals surface area contributed by atoms with Crippen molar-refractivity contribution in [3.05, 3.63) is 0 Å². The SMILES string of the molecule is CN1CCCC(CCN(C)CN2CCNCC2)C1. The monoisotopic (exact) mass is 254 g/mol. The maximum Gasteiger partial charge on any atom is 0.0504 e. The number of nitrogens with one attached hydrogen (secondary N) is 1. The van der Waals surface area contributed by atoms with E-state index in [1.54, 1.807) is 0 Å². The van der Waals surface area contributed by atoms with E-state index in [4.69, 9.17) is 0 Å². The zero-order valence-electron chi connectivity index (χ0n) is 12.2. The largest absolute Gasteiger partial charge is 0.314 e. The average Bonchev–Trinajstić information content (AvgIpc) is 2.38. The van der Waals surface area contributed by atoms with E-state index in [9.17, 15) is 0 Å². The minimum atomic E-state index is 0.925. The second-order valence-corrected chi connectivity index (χ2v) is 6.15. The van der Waals surface area contributed by atoms with E-state index in [0.717, 1.165) is 25.7 Å². The van der Waals surface area contributed by atoms with E-state index in [1.165, 1.54) is 52.0 Å². The van der Waals surface area contributed by atoms with Crippen LogP contribution in [0.2, 0.25) is 0 Å². The molecule has 1 atom stereocenters. The Labute approximate surface area is 112 Å². The summed E-state index contributed by atoms with van der Waals surface area (Å²) in [7, 11) is 4.53. The van der Waals surface area contributed by atoms with Crippen molar-refractivity contribution < 1.29 is 0 Å². The topological polar surface area (TPSA) is 21.8 Å². The number of piperazine rings is 1. The maximum atomic E-state index is 3.41. The summed E-state index contributed by atoms with van der Waals surface area (Å²) >= 11 is 0. The fourth-order valence-electron chi connectivity index (χ4n) is 3.18. The quantitative estimate of drug-likeness (QED) is 0.772. The molecule has 2 fully saturated rings. The van der Waals surface area contributed by atoms with E-state index < -0.39 is 0 Å². The summed E-state index contributed by atoms with van der Waals surface area (Å²) in [5.74, 6) is 0.925. The van der Waals surface area contributed by atoms with Crippen LogP contribution in [0, 0.1) is 5.92 Å². The Hall–Kier alpha value is -0.160. The van der Waals surface area contributed by atoms with Crippen LogP contribution in [-0.2, 0) is 0 Å². The van der Waals surface area contributed by atoms with Gasteiger partial charge in [-0.05, 0) is 52.4 Å². The first-order valence-corrected chi connectivity index (χ1v) is 7.54. The van der Waals surface area contributed by atoms with Gasteiger partial charge in [0.05, 0.1) is 6.67 Å². The molecular weight excluding hydrogens is 224 g/mol. The Bertz CT molecular complexity index is 228. The Kier molecular flexibility index (Phi) is 5.89. The van der Waals surface area contributed by atoms with E-state index >= 15 is 0 Å². The number of piperidine rings is 1. The van der Waals surface area contributed by atoms with Crippen molar-refractivity contribution in [3.63, 3.8) is 0 Å². The maximum absolute atomic E-state index is 3.41. The van der Waals surface area contributed by atoms with E-state index in [0.29, 0.717) is 0 Å². The number of hydrogen-bond donors (Lipinski definition) is 1. The summed E-state index contributed by atoms with van der Waals surface area (Å²) in [5.41, 5.74) is 0. The van der Waals surface area contributed by atoms with Crippen molar-refractivity contribution in [2.24, 2.45) is 5.92 Å². The standard InChI is InChI=1S/C14H30N4/c1-16-8-3-4-14(12-16)5-9-17(2)13-18-10-6-15-7-11-18/h14-15H,3-13H2,1-2H3. The van der Waals surface area contributed by atoms with Crippen LogP contribution in [0.5, 0.6) is 0 Å². The highest BCUT2D eigenvalue weighted by Gasteiger charge is 2.18. The summed E-state index contributed by atoms with van der Waals surface area (Å²) in [5, 5.41) is 3.41. The van der Waals surface area contributed by atoms with Crippen LogP contribution in [-0.4, -0.2) is 81.3 Å². The van der Waals surface area contributed by atoms with Gasteiger partial charge in [0, 0.05) is 32.7 Å². The van der Waals surface area contributed by atoms with Crippen molar-refractivity contribution in [3.8, 4) is 0 Å². The lowest BCUT2D eigenvalue weighted by molar-refractivity contribution is 0.124. The molecule has 1 unspecified atom stereocenters. The van der Waals surface area contributed by atoms with Gasteiger partial charge >= 0.3 is 0 Å². The predicted octanol–water partition coefficient (Wildman–Crippen LogP) is 0.513. The first kappa shape index (κ1) is 14.3. The minimum Gasteiger partial charge on any atom is -0.314 e. The third-order valence-corrected chi connectivity index (χ3v) is 4.29. The molecule has 2 aliphatic rings. The number of rotatable bonds is 5. The minimum absolute atomic E-state index is 0.925. The molecule has 1 N–H and O–H groups in total. The molecule has 2 aliphatic heterocycles. The number of likely N-dealkylation sites (tertiary alicyclic amines) is 1. The lowest BCUT2D eigenvalue weighted by Crippen LogP contribution is -2.47. The van der Waals surface area contributed by atoms with E-state index in [1.807, 2.05) is 0 Å². The normalized spacial score (nSPS) is 27.8. The fourth-order valence-corrected chi connectivity index (χ4v) is 3.18. The van der Waals surface area contributed by atoms with Gasteiger partial charge in [-0.1, -0.05) is 0 Å². The van der Waals surface area contributed by atoms with Gasteiger partial charge < -0.3 is 10.2 Å². The smallest absolute Gasteiger partial charge is 0.0504 e. The second-order valence-electron chi connectivity index (χ2n) is 6.15. The van der Waals surface area contributed by atoms with Gasteiger partial charge in [0.1, 0.15) is 0 Å². The molecule has 0 amide bonds. The van der Waals surface area contributed by atoms with Crippen LogP contribution >= 0.6 is 0 Å². The van der Waals surface area contributed by atoms with Crippen molar-refractivity contribution in [2.45, 2.75) is 19.3 Å². The lowest BCUT2D eigenvalue weighted by atomic mass is 9.95. The first-order chi connectivity index (χ1) is 8.74. The van der Waals surface area contributed by atoms with Gasteiger partial charge in [0.15, 0.2) is 0 Å². The Morgan fingerprint density at radius 1 is 1.22 bits per heavy atom. The summed E-state index contributed by atoms with van der Waals surface area (Å²) < 4.78 is 0. The van der Waals surface area contributed by atoms with Crippen molar-refractivity contribution in [1.82, 2.24) is 20.0 Å². The molecule has 0 aromatic rings. The molecule has 18 heavy (non-hydrogen) atoms. The van der Waals surface area contributed by atoms with Crippen LogP contribution < -0.4 is 5.32 Å². The van der Waals surface area contributed by atoms with Crippen LogP contribution in [0.1, 0.15) is 19.3 Å². The molecule has 106 valence electrons.